The number of carbonyl (C=O) groups excluding carboxylic acids is 4. The summed E-state index contributed by atoms with van der Waals surface area (Å²) in [5, 5.41) is 0.347. The minimum absolute atomic E-state index is 0.00228. The van der Waals surface area contributed by atoms with Gasteiger partial charge in [-0.05, 0) is 121 Å². The van der Waals surface area contributed by atoms with E-state index in [1.165, 1.54) is 0 Å². The molecule has 0 spiro atoms. The Labute approximate surface area is 399 Å². The molecule has 0 bridgehead atoms. The van der Waals surface area contributed by atoms with Gasteiger partial charge in [0.25, 0.3) is 5.08 Å². The van der Waals surface area contributed by atoms with Crippen molar-refractivity contribution in [2.75, 3.05) is 85.3 Å². The average Bonchev–Trinajstić information content (AvgIpc) is 3.21. The molecule has 0 aromatic rings. The van der Waals surface area contributed by atoms with Crippen molar-refractivity contribution in [1.82, 2.24) is 20.0 Å². The summed E-state index contributed by atoms with van der Waals surface area (Å²) in [7, 11) is -11.8. The van der Waals surface area contributed by atoms with E-state index in [4.69, 9.17) is 36.7 Å². The van der Waals surface area contributed by atoms with E-state index in [9.17, 15) is 19.2 Å². The van der Waals surface area contributed by atoms with Gasteiger partial charge in [-0.1, -0.05) is 20.8 Å². The maximum atomic E-state index is 15.1. The molecule has 1 aliphatic heterocycles. The van der Waals surface area contributed by atoms with Gasteiger partial charge in [-0.15, -0.1) is 0 Å². The number of nitrogens with one attached hydrogen (secondary N) is 1. The Bertz CT molecular complexity index is 1550. The van der Waals surface area contributed by atoms with Crippen molar-refractivity contribution in [2.24, 2.45) is 0 Å². The second-order valence-corrected chi connectivity index (χ2v) is 30.6. The van der Waals surface area contributed by atoms with Gasteiger partial charge in [0.15, 0.2) is 8.32 Å². The van der Waals surface area contributed by atoms with Crippen molar-refractivity contribution in [3.8, 4) is 0 Å². The molecule has 21 heteroatoms. The van der Waals surface area contributed by atoms with Crippen LogP contribution in [-0.2, 0) is 65.0 Å². The van der Waals surface area contributed by atoms with Crippen LogP contribution in [0.15, 0.2) is 0 Å². The van der Waals surface area contributed by atoms with Crippen LogP contribution in [0.1, 0.15) is 136 Å². The highest BCUT2D eigenvalue weighted by molar-refractivity contribution is 7.74. The van der Waals surface area contributed by atoms with Crippen molar-refractivity contribution in [1.29, 1.82) is 0 Å². The van der Waals surface area contributed by atoms with Crippen molar-refractivity contribution < 1.29 is 65.0 Å². The number of hydrogen-bond donors (Lipinski definition) is 1. The third kappa shape index (κ3) is 20.7. The van der Waals surface area contributed by atoms with Gasteiger partial charge in [0.05, 0.1) is 39.5 Å². The lowest BCUT2D eigenvalue weighted by Crippen LogP contribution is -2.51. The predicted molar refractivity (Wildman–Crippen MR) is 260 cm³/mol. The maximum absolute atomic E-state index is 15.1. The molecule has 1 rings (SSSR count). The first-order chi connectivity index (χ1) is 30.1. The molecule has 0 aromatic carbocycles. The molecule has 1 unspecified atom stereocenters. The summed E-state index contributed by atoms with van der Waals surface area (Å²) >= 11 is 0. The minimum Gasteiger partial charge on any atom is -0.459 e. The molecule has 1 aliphatic rings. The fourth-order valence-corrected chi connectivity index (χ4v) is 15.5. The third-order valence-corrected chi connectivity index (χ3v) is 21.7. The van der Waals surface area contributed by atoms with Crippen LogP contribution in [0.25, 0.3) is 0 Å². The van der Waals surface area contributed by atoms with Crippen LogP contribution in [0, 0.1) is 0 Å². The summed E-state index contributed by atoms with van der Waals surface area (Å²) in [5.41, 5.74) is -2.19. The van der Waals surface area contributed by atoms with Gasteiger partial charge in [0.2, 0.25) is 5.91 Å². The normalized spacial score (nSPS) is 16.8. The summed E-state index contributed by atoms with van der Waals surface area (Å²) in [5.74, 6) is -1.66. The zero-order chi connectivity index (χ0) is 51.0. The molecule has 18 nitrogen and oxygen atoms in total. The Balaban J connectivity index is 3.56. The standard InChI is InChI=1S/C45H90N4O14P2Si/c1-19-56-64(54,57-20-2)45(63-66(17,18)44(14,15)16,65(55,58-21-3)59-22-4)26-23-27-46-37(50)25-24-36(40(53)62-43(11,12)13)49-32-30-47(34-38(51)60-41(5,6)7)28-29-48(31-33-49)35-39(52)61-42(8,9)10/h36H,19-35H2,1-18H3,(H,46,50). The number of hydrogen-bond acceptors (Lipinski definition) is 17. The van der Waals surface area contributed by atoms with Crippen LogP contribution in [0.5, 0.6) is 0 Å². The molecule has 1 fully saturated rings. The fourth-order valence-electron chi connectivity index (χ4n) is 6.93. The van der Waals surface area contributed by atoms with Crippen LogP contribution in [-0.4, -0.2) is 160 Å². The zero-order valence-electron chi connectivity index (χ0n) is 44.0. The highest BCUT2D eigenvalue weighted by Gasteiger charge is 2.68. The highest BCUT2D eigenvalue weighted by atomic mass is 31.2. The largest absolute Gasteiger partial charge is 0.459 e. The van der Waals surface area contributed by atoms with E-state index in [-0.39, 0.29) is 77.7 Å². The monoisotopic (exact) mass is 1000 g/mol. The van der Waals surface area contributed by atoms with Crippen molar-refractivity contribution >= 4 is 47.3 Å². The summed E-state index contributed by atoms with van der Waals surface area (Å²) < 4.78 is 78.0. The number of nitrogens with zero attached hydrogens (tertiary/aromatic N) is 3. The summed E-state index contributed by atoms with van der Waals surface area (Å²) in [6.07, 6.45) is -0.0213. The van der Waals surface area contributed by atoms with Gasteiger partial charge < -0.3 is 42.0 Å². The Morgan fingerprint density at radius 3 is 1.33 bits per heavy atom. The first-order valence-electron chi connectivity index (χ1n) is 23.7. The molecule has 1 atom stereocenters. The second kappa shape index (κ2) is 26.4. The predicted octanol–water partition coefficient (Wildman–Crippen LogP) is 8.18. The summed E-state index contributed by atoms with van der Waals surface area (Å²) in [6.45, 7) is 35.0. The number of esters is 3. The lowest BCUT2D eigenvalue weighted by atomic mass is 10.1. The first kappa shape index (κ1) is 62.3. The lowest BCUT2D eigenvalue weighted by Gasteiger charge is -2.48. The van der Waals surface area contributed by atoms with Crippen LogP contribution in [0.3, 0.4) is 0 Å². The van der Waals surface area contributed by atoms with E-state index >= 15 is 9.13 Å². The molecule has 0 saturated carbocycles. The maximum Gasteiger partial charge on any atom is 0.373 e. The van der Waals surface area contributed by atoms with Crippen LogP contribution in [0.2, 0.25) is 18.1 Å². The van der Waals surface area contributed by atoms with Crippen molar-refractivity contribution in [3.05, 3.63) is 0 Å². The summed E-state index contributed by atoms with van der Waals surface area (Å²) in [4.78, 5) is 59.7. The van der Waals surface area contributed by atoms with Crippen LogP contribution < -0.4 is 5.32 Å². The SMILES string of the molecule is CCOP(=O)(OCC)C(CCCNC(=O)CCC(C(=O)OC(C)(C)C)N1CCN(CC(=O)OC(C)(C)C)CCN(CC(=O)OC(C)(C)C)CC1)(O[Si](C)(C)C(C)(C)C)P(=O)(OCC)OCC. The zero-order valence-corrected chi connectivity index (χ0v) is 46.8. The lowest BCUT2D eigenvalue weighted by molar-refractivity contribution is -0.163. The molecule has 1 saturated heterocycles. The Kier molecular flexibility index (Phi) is 24.9. The van der Waals surface area contributed by atoms with E-state index < -0.39 is 74.4 Å². The van der Waals surface area contributed by atoms with E-state index in [1.54, 1.807) is 90.0 Å². The number of carbonyl (C=O) groups is 4. The van der Waals surface area contributed by atoms with Gasteiger partial charge in [-0.3, -0.25) is 43.0 Å². The van der Waals surface area contributed by atoms with E-state index in [0.29, 0.717) is 39.3 Å². The van der Waals surface area contributed by atoms with E-state index in [1.807, 2.05) is 48.6 Å². The van der Waals surface area contributed by atoms with Gasteiger partial charge in [-0.25, -0.2) is 0 Å². The van der Waals surface area contributed by atoms with E-state index in [2.05, 4.69) is 5.32 Å². The molecule has 1 heterocycles. The molecular weight excluding hydrogens is 911 g/mol. The van der Waals surface area contributed by atoms with Gasteiger partial charge in [-0.2, -0.15) is 0 Å². The average molecular weight is 1000 g/mol. The van der Waals surface area contributed by atoms with Crippen LogP contribution >= 0.6 is 15.2 Å². The number of amides is 1. The molecule has 0 radical (unpaired) electrons. The third-order valence-electron chi connectivity index (χ3n) is 10.7. The molecule has 1 amide bonds. The Morgan fingerprint density at radius 1 is 0.606 bits per heavy atom. The van der Waals surface area contributed by atoms with E-state index in [0.717, 1.165) is 0 Å². The van der Waals surface area contributed by atoms with Crippen molar-refractivity contribution in [2.45, 2.75) is 183 Å². The number of ether oxygens (including phenoxy) is 3. The molecule has 388 valence electrons. The van der Waals surface area contributed by atoms with Gasteiger partial charge in [0, 0.05) is 58.7 Å². The van der Waals surface area contributed by atoms with Gasteiger partial charge in [0.1, 0.15) is 22.8 Å². The smallest absolute Gasteiger partial charge is 0.373 e. The Morgan fingerprint density at radius 2 is 0.985 bits per heavy atom. The highest BCUT2D eigenvalue weighted by Crippen LogP contribution is 2.80. The molecule has 0 aliphatic carbocycles. The quantitative estimate of drug-likeness (QED) is 0.0302. The van der Waals surface area contributed by atoms with Gasteiger partial charge >= 0.3 is 33.1 Å². The fraction of sp³-hybridized carbons (Fsp3) is 0.911. The summed E-state index contributed by atoms with van der Waals surface area (Å²) in [6, 6.07) is -0.864. The second-order valence-electron chi connectivity index (χ2n) is 21.1. The molecule has 0 aromatic heterocycles. The molecular formula is C45H90N4O14P2Si. The topological polar surface area (TPSA) is 198 Å². The molecule has 66 heavy (non-hydrogen) atoms. The first-order valence-corrected chi connectivity index (χ1v) is 29.7. The number of rotatable bonds is 25. The van der Waals surface area contributed by atoms with Crippen LogP contribution in [0.4, 0.5) is 0 Å². The Hall–Kier alpha value is -1.76. The van der Waals surface area contributed by atoms with Crippen molar-refractivity contribution in [3.63, 3.8) is 0 Å². The minimum atomic E-state index is -4.42. The molecule has 1 N–H and O–H groups in total.